The van der Waals surface area contributed by atoms with Crippen LogP contribution >= 0.6 is 22.7 Å². The van der Waals surface area contributed by atoms with Crippen LogP contribution < -0.4 is 10.9 Å². The lowest BCUT2D eigenvalue weighted by molar-refractivity contribution is 1.61. The van der Waals surface area contributed by atoms with Gasteiger partial charge in [0.1, 0.15) is 0 Å². The maximum absolute atomic E-state index is 12.3. The minimum absolute atomic E-state index is 0.0187. The Morgan fingerprint density at radius 1 is 1.00 bits per heavy atom. The molecule has 82 valence electrons. The van der Waals surface area contributed by atoms with Crippen LogP contribution in [0.15, 0.2) is 27.1 Å². The standard InChI is InChI=1S/C13H6O2S2/c1-5-4-7-11(15)8-9(13(7)17-5)10(14)6-2-3-16-12(6)8/h2-4H,1H3. The van der Waals surface area contributed by atoms with Gasteiger partial charge in [-0.05, 0) is 24.4 Å². The molecule has 0 amide bonds. The average Bonchev–Trinajstić information content (AvgIpc) is 2.96. The van der Waals surface area contributed by atoms with Crippen molar-refractivity contribution in [1.29, 1.82) is 0 Å². The highest BCUT2D eigenvalue weighted by Crippen LogP contribution is 2.29. The molecule has 0 aromatic carbocycles. The van der Waals surface area contributed by atoms with Crippen molar-refractivity contribution in [3.8, 4) is 0 Å². The second-order valence-electron chi connectivity index (χ2n) is 4.17. The minimum atomic E-state index is 0.0187. The van der Waals surface area contributed by atoms with E-state index in [2.05, 4.69) is 0 Å². The molecule has 0 N–H and O–H groups in total. The minimum Gasteiger partial charge on any atom is -0.288 e. The van der Waals surface area contributed by atoms with Gasteiger partial charge in [0.15, 0.2) is 10.9 Å². The van der Waals surface area contributed by atoms with E-state index in [0.29, 0.717) is 21.2 Å². The summed E-state index contributed by atoms with van der Waals surface area (Å²) in [6.45, 7) is 1.96. The van der Waals surface area contributed by atoms with Crippen molar-refractivity contribution >= 4 is 42.8 Å². The van der Waals surface area contributed by atoms with Crippen molar-refractivity contribution in [1.82, 2.24) is 0 Å². The highest BCUT2D eigenvalue weighted by Gasteiger charge is 2.18. The van der Waals surface area contributed by atoms with Crippen LogP contribution in [0.1, 0.15) is 4.88 Å². The lowest BCUT2D eigenvalue weighted by Crippen LogP contribution is -1.95. The van der Waals surface area contributed by atoms with Gasteiger partial charge in [0.05, 0.1) is 19.8 Å². The van der Waals surface area contributed by atoms with Crippen LogP contribution in [0.5, 0.6) is 0 Å². The summed E-state index contributed by atoms with van der Waals surface area (Å²) in [6.07, 6.45) is 0. The first-order valence-corrected chi connectivity index (χ1v) is 6.90. The predicted molar refractivity (Wildman–Crippen MR) is 72.2 cm³/mol. The summed E-state index contributed by atoms with van der Waals surface area (Å²) < 4.78 is 1.73. The van der Waals surface area contributed by atoms with E-state index >= 15 is 0 Å². The zero-order chi connectivity index (χ0) is 11.7. The van der Waals surface area contributed by atoms with Crippen LogP contribution in [-0.2, 0) is 0 Å². The Morgan fingerprint density at radius 3 is 2.53 bits per heavy atom. The van der Waals surface area contributed by atoms with E-state index in [1.807, 2.05) is 24.4 Å². The van der Waals surface area contributed by atoms with Crippen LogP contribution in [0.3, 0.4) is 0 Å². The van der Waals surface area contributed by atoms with Gasteiger partial charge in [0.25, 0.3) is 0 Å². The molecule has 2 aliphatic rings. The number of rotatable bonds is 0. The Balaban J connectivity index is 2.58. The molecule has 2 aliphatic carbocycles. The van der Waals surface area contributed by atoms with E-state index in [1.54, 1.807) is 0 Å². The number of fused-ring (bicyclic) bond motifs is 4. The fraction of sp³-hybridized carbons (Fsp3) is 0.0769. The van der Waals surface area contributed by atoms with Crippen molar-refractivity contribution in [2.24, 2.45) is 0 Å². The fourth-order valence-corrected chi connectivity index (χ4v) is 4.48. The zero-order valence-electron chi connectivity index (χ0n) is 8.87. The predicted octanol–water partition coefficient (Wildman–Crippen LogP) is 2.75. The van der Waals surface area contributed by atoms with E-state index in [0.717, 1.165) is 14.3 Å². The summed E-state index contributed by atoms with van der Waals surface area (Å²) in [6, 6.07) is 3.70. The van der Waals surface area contributed by atoms with Gasteiger partial charge in [-0.3, -0.25) is 9.59 Å². The Kier molecular flexibility index (Phi) is 1.58. The smallest absolute Gasteiger partial charge is 0.196 e. The molecular weight excluding hydrogens is 252 g/mol. The van der Waals surface area contributed by atoms with Crippen molar-refractivity contribution in [3.63, 3.8) is 0 Å². The van der Waals surface area contributed by atoms with E-state index in [-0.39, 0.29) is 10.9 Å². The molecule has 2 aromatic heterocycles. The molecule has 2 nitrogen and oxygen atoms in total. The molecule has 4 heteroatoms. The van der Waals surface area contributed by atoms with Crippen molar-refractivity contribution in [3.05, 3.63) is 53.3 Å². The molecule has 0 atom stereocenters. The lowest BCUT2D eigenvalue weighted by Gasteiger charge is -1.75. The quantitative estimate of drug-likeness (QED) is 0.486. The zero-order valence-corrected chi connectivity index (χ0v) is 10.5. The van der Waals surface area contributed by atoms with Crippen LogP contribution in [0, 0.1) is 17.4 Å². The summed E-state index contributed by atoms with van der Waals surface area (Å²) in [5, 5.41) is 4.57. The number of thiophene rings is 2. The highest BCUT2D eigenvalue weighted by atomic mass is 32.1. The second-order valence-corrected chi connectivity index (χ2v) is 6.34. The first kappa shape index (κ1) is 9.50. The molecule has 0 fully saturated rings. The van der Waals surface area contributed by atoms with Crippen LogP contribution in [0.25, 0.3) is 20.2 Å². The third-order valence-corrected chi connectivity index (χ3v) is 5.17. The Morgan fingerprint density at radius 2 is 1.71 bits per heavy atom. The van der Waals surface area contributed by atoms with Gasteiger partial charge < -0.3 is 0 Å². The van der Waals surface area contributed by atoms with Crippen molar-refractivity contribution in [2.45, 2.75) is 6.92 Å². The normalized spacial score (nSPS) is 12.3. The van der Waals surface area contributed by atoms with Gasteiger partial charge in [0, 0.05) is 15.6 Å². The molecule has 2 aromatic rings. The van der Waals surface area contributed by atoms with Crippen molar-refractivity contribution in [2.75, 3.05) is 0 Å². The number of hydrogen-bond donors (Lipinski definition) is 0. The first-order chi connectivity index (χ1) is 8.18. The van der Waals surface area contributed by atoms with Gasteiger partial charge in [-0.2, -0.15) is 0 Å². The maximum atomic E-state index is 12.3. The third-order valence-electron chi connectivity index (χ3n) is 3.17. The molecule has 0 unspecified atom stereocenters. The van der Waals surface area contributed by atoms with Crippen LogP contribution in [0.4, 0.5) is 0 Å². The number of aryl methyl sites for hydroxylation is 1. The van der Waals surface area contributed by atoms with E-state index in [1.165, 1.54) is 22.7 Å². The third kappa shape index (κ3) is 0.960. The maximum Gasteiger partial charge on any atom is 0.196 e. The van der Waals surface area contributed by atoms with Crippen molar-refractivity contribution < 1.29 is 0 Å². The molecule has 2 heterocycles. The van der Waals surface area contributed by atoms with Gasteiger partial charge in [0.2, 0.25) is 0 Å². The molecular formula is C13H6O2S2. The Hall–Kier alpha value is -1.52. The Bertz CT molecular complexity index is 1030. The summed E-state index contributed by atoms with van der Waals surface area (Å²) in [7, 11) is 0. The summed E-state index contributed by atoms with van der Waals surface area (Å²) in [4.78, 5) is 25.6. The fourth-order valence-electron chi connectivity index (χ4n) is 2.48. The average molecular weight is 258 g/mol. The first-order valence-electron chi connectivity index (χ1n) is 5.21. The number of hydrogen-bond acceptors (Lipinski definition) is 4. The molecule has 17 heavy (non-hydrogen) atoms. The second kappa shape index (κ2) is 2.83. The molecule has 0 saturated heterocycles. The molecule has 4 rings (SSSR count). The summed E-state index contributed by atoms with van der Waals surface area (Å²) in [5.41, 5.74) is 0.0408. The molecule has 0 radical (unpaired) electrons. The lowest BCUT2D eigenvalue weighted by atomic mass is 10.3. The molecule has 0 spiro atoms. The van der Waals surface area contributed by atoms with Crippen LogP contribution in [-0.4, -0.2) is 0 Å². The van der Waals surface area contributed by atoms with Gasteiger partial charge >= 0.3 is 0 Å². The summed E-state index contributed by atoms with van der Waals surface area (Å²) in [5.74, 6) is 0. The topological polar surface area (TPSA) is 34.1 Å². The van der Waals surface area contributed by atoms with E-state index < -0.39 is 0 Å². The van der Waals surface area contributed by atoms with E-state index in [4.69, 9.17) is 0 Å². The Labute approximate surface area is 103 Å². The van der Waals surface area contributed by atoms with Gasteiger partial charge in [-0.15, -0.1) is 22.7 Å². The van der Waals surface area contributed by atoms with E-state index in [9.17, 15) is 9.59 Å². The van der Waals surface area contributed by atoms with Gasteiger partial charge in [-0.1, -0.05) is 0 Å². The summed E-state index contributed by atoms with van der Waals surface area (Å²) >= 11 is 3.02. The van der Waals surface area contributed by atoms with Crippen LogP contribution in [0.2, 0.25) is 0 Å². The highest BCUT2D eigenvalue weighted by molar-refractivity contribution is 7.19. The SMILES string of the molecule is Cc1cc2c(=O)c3c4sccc4c(=O)c=3c2s1. The monoisotopic (exact) mass is 258 g/mol. The van der Waals surface area contributed by atoms with Gasteiger partial charge in [-0.25, -0.2) is 0 Å². The largest absolute Gasteiger partial charge is 0.288 e. The molecule has 0 saturated carbocycles. The molecule has 0 aliphatic heterocycles. The molecule has 0 bridgehead atoms.